The maximum absolute atomic E-state index is 13.0. The van der Waals surface area contributed by atoms with Crippen molar-refractivity contribution in [3.05, 3.63) is 58.7 Å². The molecule has 0 heterocycles. The number of benzene rings is 2. The topological polar surface area (TPSA) is 76.1 Å². The Morgan fingerprint density at radius 3 is 1.41 bits per heavy atom. The summed E-state index contributed by atoms with van der Waals surface area (Å²) in [4.78, 5) is 41.8. The number of rotatable bonds is 10. The summed E-state index contributed by atoms with van der Waals surface area (Å²) in [5.74, 6) is -1.10. The van der Waals surface area contributed by atoms with Crippen molar-refractivity contribution in [2.45, 2.75) is 12.8 Å². The number of halogens is 2. The van der Waals surface area contributed by atoms with Crippen LogP contribution < -0.4 is 0 Å². The predicted molar refractivity (Wildman–Crippen MR) is 137 cm³/mol. The molecule has 1 aliphatic carbocycles. The fourth-order valence-electron chi connectivity index (χ4n) is 3.59. The molecule has 0 bridgehead atoms. The van der Waals surface area contributed by atoms with Crippen molar-refractivity contribution in [2.75, 3.05) is 54.5 Å². The van der Waals surface area contributed by atoms with Gasteiger partial charge in [0.15, 0.2) is 5.78 Å². The summed E-state index contributed by atoms with van der Waals surface area (Å²) < 4.78 is 10.6. The smallest absolute Gasteiger partial charge is 0.338 e. The molecule has 0 aliphatic heterocycles. The van der Waals surface area contributed by atoms with Gasteiger partial charge in [-0.3, -0.25) is 4.79 Å². The Balaban J connectivity index is 0.00000289. The van der Waals surface area contributed by atoms with Gasteiger partial charge in [-0.25, -0.2) is 9.59 Å². The Labute approximate surface area is 213 Å². The number of ether oxygens (including phenoxy) is 2. The van der Waals surface area contributed by atoms with Crippen molar-refractivity contribution in [3.8, 4) is 11.1 Å². The third-order valence-corrected chi connectivity index (χ3v) is 5.26. The van der Waals surface area contributed by atoms with E-state index in [9.17, 15) is 14.4 Å². The van der Waals surface area contributed by atoms with E-state index in [1.165, 1.54) is 0 Å². The van der Waals surface area contributed by atoms with Gasteiger partial charge < -0.3 is 19.3 Å². The Bertz CT molecular complexity index is 945. The molecule has 0 radical (unpaired) electrons. The maximum Gasteiger partial charge on any atom is 0.338 e. The summed E-state index contributed by atoms with van der Waals surface area (Å²) in [5, 5.41) is 0. The molecule has 9 heteroatoms. The van der Waals surface area contributed by atoms with Crippen LogP contribution in [0.3, 0.4) is 0 Å². The van der Waals surface area contributed by atoms with Crippen molar-refractivity contribution in [2.24, 2.45) is 0 Å². The second-order valence-electron chi connectivity index (χ2n) is 8.44. The Morgan fingerprint density at radius 2 is 1.06 bits per heavy atom. The highest BCUT2D eigenvalue weighted by Crippen LogP contribution is 2.37. The third-order valence-electron chi connectivity index (χ3n) is 5.26. The highest BCUT2D eigenvalue weighted by atomic mass is 35.5. The van der Waals surface area contributed by atoms with Gasteiger partial charge in [0.1, 0.15) is 0 Å². The van der Waals surface area contributed by atoms with Crippen LogP contribution in [0.5, 0.6) is 0 Å². The summed E-state index contributed by atoms with van der Waals surface area (Å²) >= 11 is 0. The van der Waals surface area contributed by atoms with E-state index in [1.807, 2.05) is 38.0 Å². The summed E-state index contributed by atoms with van der Waals surface area (Å²) in [6.45, 7) is 2.29. The monoisotopic (exact) mass is 510 g/mol. The largest absolute Gasteiger partial charge is 0.462 e. The zero-order valence-electron chi connectivity index (χ0n) is 20.0. The molecule has 0 N–H and O–H groups in total. The van der Waals surface area contributed by atoms with E-state index in [2.05, 4.69) is 0 Å². The van der Waals surface area contributed by atoms with Crippen molar-refractivity contribution in [1.82, 2.24) is 9.80 Å². The molecule has 0 aromatic heterocycles. The molecule has 0 saturated heterocycles. The minimum absolute atomic E-state index is 0. The van der Waals surface area contributed by atoms with E-state index in [1.54, 1.807) is 36.4 Å². The van der Waals surface area contributed by atoms with Gasteiger partial charge in [-0.05, 0) is 76.4 Å². The van der Waals surface area contributed by atoms with Crippen LogP contribution in [0.1, 0.15) is 49.5 Å². The van der Waals surface area contributed by atoms with Gasteiger partial charge >= 0.3 is 11.9 Å². The summed E-state index contributed by atoms with van der Waals surface area (Å²) in [5.41, 5.74) is 3.07. The first-order chi connectivity index (χ1) is 15.3. The number of hydrogen-bond acceptors (Lipinski definition) is 7. The molecule has 0 unspecified atom stereocenters. The molecular weight excluding hydrogens is 479 g/mol. The van der Waals surface area contributed by atoms with Crippen molar-refractivity contribution < 1.29 is 23.9 Å². The highest BCUT2D eigenvalue weighted by molar-refractivity contribution is 6.22. The average molecular weight is 511 g/mol. The second kappa shape index (κ2) is 13.4. The van der Waals surface area contributed by atoms with Crippen molar-refractivity contribution in [1.29, 1.82) is 0 Å². The van der Waals surface area contributed by atoms with Gasteiger partial charge in [0, 0.05) is 24.2 Å². The number of nitrogens with zero attached hydrogens (tertiary/aromatic N) is 2. The molecule has 0 spiro atoms. The molecule has 2 aromatic rings. The summed E-state index contributed by atoms with van der Waals surface area (Å²) in [6.07, 6.45) is 1.48. The van der Waals surface area contributed by atoms with E-state index in [4.69, 9.17) is 9.47 Å². The number of esters is 2. The van der Waals surface area contributed by atoms with Crippen LogP contribution >= 0.6 is 24.8 Å². The lowest BCUT2D eigenvalue weighted by Gasteiger charge is -2.10. The highest BCUT2D eigenvalue weighted by Gasteiger charge is 2.29. The zero-order chi connectivity index (χ0) is 23.3. The van der Waals surface area contributed by atoms with Gasteiger partial charge in [-0.2, -0.15) is 0 Å². The third kappa shape index (κ3) is 7.27. The SMILES string of the molecule is CN(C)CCCOC(=O)c1ccc2c(c1)C(=O)c1cc(C(=O)OCCCN(C)C)ccc1-2.Cl.Cl. The van der Waals surface area contributed by atoms with Crippen LogP contribution in [0.25, 0.3) is 11.1 Å². The fourth-order valence-corrected chi connectivity index (χ4v) is 3.59. The molecule has 34 heavy (non-hydrogen) atoms. The van der Waals surface area contributed by atoms with Crippen LogP contribution in [0.2, 0.25) is 0 Å². The van der Waals surface area contributed by atoms with E-state index in [0.29, 0.717) is 35.5 Å². The van der Waals surface area contributed by atoms with Crippen molar-refractivity contribution in [3.63, 3.8) is 0 Å². The fraction of sp³-hybridized carbons (Fsp3) is 0.400. The quantitative estimate of drug-likeness (QED) is 0.301. The number of carbonyl (C=O) groups excluding carboxylic acids is 3. The van der Waals surface area contributed by atoms with E-state index >= 15 is 0 Å². The van der Waals surface area contributed by atoms with Crippen LogP contribution in [0.4, 0.5) is 0 Å². The normalized spacial score (nSPS) is 11.4. The number of carbonyl (C=O) groups is 3. The molecule has 1 aliphatic rings. The number of hydrogen-bond donors (Lipinski definition) is 0. The average Bonchev–Trinajstić information content (AvgIpc) is 3.04. The van der Waals surface area contributed by atoms with Crippen LogP contribution in [0.15, 0.2) is 36.4 Å². The minimum Gasteiger partial charge on any atom is -0.462 e. The van der Waals surface area contributed by atoms with Crippen molar-refractivity contribution >= 4 is 42.5 Å². The Hall–Kier alpha value is -2.45. The lowest BCUT2D eigenvalue weighted by molar-refractivity contribution is 0.0484. The van der Waals surface area contributed by atoms with Crippen LogP contribution in [-0.4, -0.2) is 82.0 Å². The standard InChI is InChI=1S/C25H30N2O5.2ClH/c1-26(2)11-5-13-31-24(29)17-7-9-19-20-10-8-18(16-22(20)23(28)21(19)15-17)25(30)32-14-6-12-27(3)4;;/h7-10,15-16H,5-6,11-14H2,1-4H3;2*1H. The van der Waals surface area contributed by atoms with E-state index < -0.39 is 11.9 Å². The lowest BCUT2D eigenvalue weighted by Crippen LogP contribution is -2.16. The molecule has 7 nitrogen and oxygen atoms in total. The summed E-state index contributed by atoms with van der Waals surface area (Å²) in [7, 11) is 7.84. The van der Waals surface area contributed by atoms with Gasteiger partial charge in [0.05, 0.1) is 24.3 Å². The molecule has 3 rings (SSSR count). The van der Waals surface area contributed by atoms with Gasteiger partial charge in [-0.15, -0.1) is 24.8 Å². The number of ketones is 1. The Kier molecular flexibility index (Phi) is 11.7. The molecule has 0 saturated carbocycles. The van der Waals surface area contributed by atoms with Gasteiger partial charge in [-0.1, -0.05) is 12.1 Å². The van der Waals surface area contributed by atoms with Crippen LogP contribution in [0, 0.1) is 0 Å². The molecule has 0 amide bonds. The van der Waals surface area contributed by atoms with Crippen LogP contribution in [-0.2, 0) is 9.47 Å². The van der Waals surface area contributed by atoms with Gasteiger partial charge in [0.25, 0.3) is 0 Å². The van der Waals surface area contributed by atoms with Gasteiger partial charge in [0.2, 0.25) is 0 Å². The zero-order valence-corrected chi connectivity index (χ0v) is 21.6. The first-order valence-corrected chi connectivity index (χ1v) is 10.7. The molecule has 186 valence electrons. The summed E-state index contributed by atoms with van der Waals surface area (Å²) in [6, 6.07) is 10.0. The first kappa shape index (κ1) is 29.6. The lowest BCUT2D eigenvalue weighted by atomic mass is 10.0. The van der Waals surface area contributed by atoms with E-state index in [0.717, 1.165) is 37.1 Å². The maximum atomic E-state index is 13.0. The molecular formula is C25H32Cl2N2O5. The Morgan fingerprint density at radius 1 is 0.676 bits per heavy atom. The minimum atomic E-state index is -0.447. The second-order valence-corrected chi connectivity index (χ2v) is 8.44. The number of fused-ring (bicyclic) bond motifs is 3. The first-order valence-electron chi connectivity index (χ1n) is 10.7. The molecule has 2 aromatic carbocycles. The predicted octanol–water partition coefficient (Wildman–Crippen LogP) is 3.96. The molecule has 0 atom stereocenters. The van der Waals surface area contributed by atoms with E-state index in [-0.39, 0.29) is 30.6 Å². The molecule has 0 fully saturated rings.